The average molecular weight is 199 g/mol. The summed E-state index contributed by atoms with van der Waals surface area (Å²) >= 11 is 5.69. The molecule has 70 valence electrons. The molecule has 0 radical (unpaired) electrons. The van der Waals surface area contributed by atoms with Crippen LogP contribution in [0.15, 0.2) is 10.5 Å². The van der Waals surface area contributed by atoms with Crippen LogP contribution in [0, 0.1) is 5.41 Å². The minimum atomic E-state index is -0.297. The Bertz CT molecular complexity index is 363. The Balaban J connectivity index is 2.51. The monoisotopic (exact) mass is 198 g/mol. The van der Waals surface area contributed by atoms with Crippen molar-refractivity contribution in [3.8, 4) is 0 Å². The summed E-state index contributed by atoms with van der Waals surface area (Å²) in [4.78, 5) is 11.8. The molecule has 1 aliphatic rings. The molecule has 2 rings (SSSR count). The molecule has 2 nitrogen and oxygen atoms in total. The summed E-state index contributed by atoms with van der Waals surface area (Å²) in [7, 11) is 0. The van der Waals surface area contributed by atoms with Crippen LogP contribution in [0.4, 0.5) is 0 Å². The quantitative estimate of drug-likeness (QED) is 0.641. The lowest BCUT2D eigenvalue weighted by atomic mass is 9.76. The minimum Gasteiger partial charge on any atom is -0.441 e. The lowest BCUT2D eigenvalue weighted by Gasteiger charge is -2.26. The number of ketones is 1. The van der Waals surface area contributed by atoms with Crippen molar-refractivity contribution in [1.29, 1.82) is 0 Å². The molecule has 0 unspecified atom stereocenters. The Hall–Kier alpha value is -0.760. The van der Waals surface area contributed by atoms with Crippen molar-refractivity contribution in [2.24, 2.45) is 5.41 Å². The molecule has 0 bridgehead atoms. The summed E-state index contributed by atoms with van der Waals surface area (Å²) < 4.78 is 5.17. The maximum absolute atomic E-state index is 11.8. The van der Waals surface area contributed by atoms with Crippen LogP contribution in [0.25, 0.3) is 0 Å². The summed E-state index contributed by atoms with van der Waals surface area (Å²) in [5.41, 5.74) is 0.656. The lowest BCUT2D eigenvalue weighted by Crippen LogP contribution is -2.29. The Labute approximate surface area is 81.9 Å². The minimum absolute atomic E-state index is 0.0700. The van der Waals surface area contributed by atoms with Crippen LogP contribution in [0.2, 0.25) is 5.22 Å². The highest BCUT2D eigenvalue weighted by Gasteiger charge is 2.37. The summed E-state index contributed by atoms with van der Waals surface area (Å²) in [6.45, 7) is 3.88. The Morgan fingerprint density at radius 3 is 2.92 bits per heavy atom. The van der Waals surface area contributed by atoms with E-state index in [0.29, 0.717) is 11.0 Å². The van der Waals surface area contributed by atoms with Crippen LogP contribution in [-0.2, 0) is 6.42 Å². The van der Waals surface area contributed by atoms with E-state index >= 15 is 0 Å². The molecule has 0 fully saturated rings. The highest BCUT2D eigenvalue weighted by atomic mass is 35.5. The number of halogens is 1. The zero-order valence-corrected chi connectivity index (χ0v) is 8.44. The molecule has 0 saturated carbocycles. The van der Waals surface area contributed by atoms with Gasteiger partial charge in [0, 0.05) is 11.0 Å². The predicted octanol–water partition coefficient (Wildman–Crippen LogP) is 3.09. The number of carbonyl (C=O) groups excluding carboxylic acids is 1. The highest BCUT2D eigenvalue weighted by Crippen LogP contribution is 2.36. The molecule has 1 aliphatic carbocycles. The van der Waals surface area contributed by atoms with Gasteiger partial charge in [-0.05, 0) is 30.5 Å². The van der Waals surface area contributed by atoms with Gasteiger partial charge < -0.3 is 4.42 Å². The van der Waals surface area contributed by atoms with Gasteiger partial charge in [-0.25, -0.2) is 0 Å². The van der Waals surface area contributed by atoms with E-state index in [2.05, 4.69) is 0 Å². The fraction of sp³-hybridized carbons (Fsp3) is 0.500. The summed E-state index contributed by atoms with van der Waals surface area (Å²) in [5, 5.41) is 0.316. The van der Waals surface area contributed by atoms with E-state index in [0.717, 1.165) is 18.4 Å². The summed E-state index contributed by atoms with van der Waals surface area (Å²) in [6, 6.07) is 1.74. The van der Waals surface area contributed by atoms with E-state index < -0.39 is 0 Å². The molecule has 3 heteroatoms. The third-order valence-electron chi connectivity index (χ3n) is 2.62. The number of aryl methyl sites for hydroxylation is 1. The maximum atomic E-state index is 11.8. The van der Waals surface area contributed by atoms with Crippen molar-refractivity contribution in [3.63, 3.8) is 0 Å². The molecular formula is C10H11ClO2. The third-order valence-corrected chi connectivity index (χ3v) is 2.81. The lowest BCUT2D eigenvalue weighted by molar-refractivity contribution is 0.0777. The number of carbonyl (C=O) groups is 1. The molecule has 0 aliphatic heterocycles. The van der Waals surface area contributed by atoms with Crippen LogP contribution in [-0.4, -0.2) is 5.78 Å². The van der Waals surface area contributed by atoms with Gasteiger partial charge in [-0.15, -0.1) is 0 Å². The number of furan rings is 1. The Morgan fingerprint density at radius 1 is 1.54 bits per heavy atom. The zero-order valence-electron chi connectivity index (χ0n) is 7.69. The highest BCUT2D eigenvalue weighted by molar-refractivity contribution is 6.29. The van der Waals surface area contributed by atoms with Crippen molar-refractivity contribution in [3.05, 3.63) is 22.6 Å². The van der Waals surface area contributed by atoms with Gasteiger partial charge in [0.05, 0.1) is 0 Å². The average Bonchev–Trinajstić information content (AvgIpc) is 2.40. The van der Waals surface area contributed by atoms with Crippen molar-refractivity contribution in [2.75, 3.05) is 0 Å². The van der Waals surface area contributed by atoms with Gasteiger partial charge >= 0.3 is 0 Å². The number of rotatable bonds is 0. The normalized spacial score (nSPS) is 20.1. The number of hydrogen-bond acceptors (Lipinski definition) is 2. The Morgan fingerprint density at radius 2 is 2.23 bits per heavy atom. The smallest absolute Gasteiger partial charge is 0.203 e. The molecule has 0 aromatic carbocycles. The molecule has 0 saturated heterocycles. The van der Waals surface area contributed by atoms with Crippen molar-refractivity contribution < 1.29 is 9.21 Å². The van der Waals surface area contributed by atoms with Gasteiger partial charge in [-0.1, -0.05) is 13.8 Å². The van der Waals surface area contributed by atoms with Gasteiger partial charge in [-0.2, -0.15) is 0 Å². The second-order valence-electron chi connectivity index (χ2n) is 4.12. The first-order valence-corrected chi connectivity index (χ1v) is 4.71. The molecule has 0 atom stereocenters. The van der Waals surface area contributed by atoms with E-state index in [1.54, 1.807) is 6.07 Å². The summed E-state index contributed by atoms with van der Waals surface area (Å²) in [6.07, 6.45) is 1.75. The standard InChI is InChI=1S/C10H11ClO2/c1-10(2)4-3-6-5-7(11)13-8(6)9(10)12/h5H,3-4H2,1-2H3. The number of fused-ring (bicyclic) bond motifs is 1. The van der Waals surface area contributed by atoms with E-state index in [1.165, 1.54) is 0 Å². The molecule has 1 aromatic heterocycles. The van der Waals surface area contributed by atoms with Crippen LogP contribution >= 0.6 is 11.6 Å². The van der Waals surface area contributed by atoms with Crippen molar-refractivity contribution >= 4 is 17.4 Å². The van der Waals surface area contributed by atoms with Gasteiger partial charge in [-0.3, -0.25) is 4.79 Å². The second-order valence-corrected chi connectivity index (χ2v) is 4.49. The van der Waals surface area contributed by atoms with E-state index in [1.807, 2.05) is 13.8 Å². The van der Waals surface area contributed by atoms with Crippen LogP contribution in [0.3, 0.4) is 0 Å². The van der Waals surface area contributed by atoms with Gasteiger partial charge in [0.15, 0.2) is 11.0 Å². The van der Waals surface area contributed by atoms with Crippen LogP contribution in [0.5, 0.6) is 0 Å². The predicted molar refractivity (Wildman–Crippen MR) is 50.2 cm³/mol. The van der Waals surface area contributed by atoms with Gasteiger partial charge in [0.2, 0.25) is 5.78 Å². The first-order valence-electron chi connectivity index (χ1n) is 4.34. The van der Waals surface area contributed by atoms with Gasteiger partial charge in [0.1, 0.15) is 0 Å². The van der Waals surface area contributed by atoms with E-state index in [-0.39, 0.29) is 11.2 Å². The Kier molecular flexibility index (Phi) is 1.77. The van der Waals surface area contributed by atoms with Crippen LogP contribution < -0.4 is 0 Å². The topological polar surface area (TPSA) is 30.2 Å². The third kappa shape index (κ3) is 1.29. The molecule has 0 spiro atoms. The van der Waals surface area contributed by atoms with E-state index in [4.69, 9.17) is 16.0 Å². The second kappa shape index (κ2) is 2.61. The fourth-order valence-corrected chi connectivity index (χ4v) is 1.85. The van der Waals surface area contributed by atoms with Crippen LogP contribution in [0.1, 0.15) is 36.4 Å². The first kappa shape index (κ1) is 8.82. The molecule has 0 N–H and O–H groups in total. The molecule has 1 aromatic rings. The summed E-state index contributed by atoms with van der Waals surface area (Å²) in [5.74, 6) is 0.530. The fourth-order valence-electron chi connectivity index (χ4n) is 1.64. The zero-order chi connectivity index (χ0) is 9.64. The SMILES string of the molecule is CC1(C)CCc2cc(Cl)oc2C1=O. The molecule has 0 amide bonds. The first-order chi connectivity index (χ1) is 6.00. The number of hydrogen-bond donors (Lipinski definition) is 0. The van der Waals surface area contributed by atoms with Crippen molar-refractivity contribution in [2.45, 2.75) is 26.7 Å². The van der Waals surface area contributed by atoms with Crippen molar-refractivity contribution in [1.82, 2.24) is 0 Å². The molecule has 1 heterocycles. The maximum Gasteiger partial charge on any atom is 0.203 e. The molecular weight excluding hydrogens is 188 g/mol. The van der Waals surface area contributed by atoms with Gasteiger partial charge in [0.25, 0.3) is 0 Å². The number of Topliss-reactive ketones (excluding diaryl/α,β-unsaturated/α-hetero) is 1. The van der Waals surface area contributed by atoms with E-state index in [9.17, 15) is 4.79 Å². The largest absolute Gasteiger partial charge is 0.441 e. The molecule has 13 heavy (non-hydrogen) atoms.